The molecule has 0 spiro atoms. The minimum Gasteiger partial charge on any atom is -0.465 e. The molecule has 5 nitrogen and oxygen atoms in total. The van der Waals surface area contributed by atoms with E-state index in [1.54, 1.807) is 24.3 Å². The summed E-state index contributed by atoms with van der Waals surface area (Å²) in [4.78, 5) is 11.4. The van der Waals surface area contributed by atoms with Crippen LogP contribution in [0.25, 0.3) is 0 Å². The molecule has 0 radical (unpaired) electrons. The number of hydrogen-bond donors (Lipinski definition) is 1. The van der Waals surface area contributed by atoms with E-state index in [1.807, 2.05) is 30.3 Å². The molecular formula is C16H17NO4S. The molecule has 116 valence electrons. The second kappa shape index (κ2) is 7.72. The van der Waals surface area contributed by atoms with Crippen molar-refractivity contribution in [1.29, 1.82) is 0 Å². The van der Waals surface area contributed by atoms with Crippen molar-refractivity contribution >= 4 is 16.9 Å². The summed E-state index contributed by atoms with van der Waals surface area (Å²) in [6, 6.07) is 16.1. The normalized spacial score (nSPS) is 10.9. The van der Waals surface area contributed by atoms with E-state index in [9.17, 15) is 13.2 Å². The van der Waals surface area contributed by atoms with Crippen LogP contribution < -0.4 is 0 Å². The van der Waals surface area contributed by atoms with Gasteiger partial charge in [0, 0.05) is 13.1 Å². The molecule has 0 N–H and O–H groups in total. The first-order chi connectivity index (χ1) is 10.6. The van der Waals surface area contributed by atoms with Gasteiger partial charge < -0.3 is 4.74 Å². The van der Waals surface area contributed by atoms with Crippen LogP contribution in [0.2, 0.25) is 0 Å². The van der Waals surface area contributed by atoms with Gasteiger partial charge >= 0.3 is 5.97 Å². The predicted octanol–water partition coefficient (Wildman–Crippen LogP) is 2.00. The van der Waals surface area contributed by atoms with Crippen molar-refractivity contribution in [3.8, 4) is 0 Å². The first-order valence-electron chi connectivity index (χ1n) is 6.70. The molecule has 0 saturated heterocycles. The van der Waals surface area contributed by atoms with Crippen LogP contribution >= 0.6 is 0 Å². The van der Waals surface area contributed by atoms with Gasteiger partial charge in [-0.25, -0.2) is 13.2 Å². The monoisotopic (exact) mass is 319 g/mol. The van der Waals surface area contributed by atoms with Crippen molar-refractivity contribution in [3.05, 3.63) is 71.3 Å². The third-order valence-corrected chi connectivity index (χ3v) is 3.92. The minimum atomic E-state index is -2.69. The fraction of sp³-hybridized carbons (Fsp3) is 0.188. The molecule has 0 heterocycles. The molecule has 6 heteroatoms. The fourth-order valence-corrected chi connectivity index (χ4v) is 2.60. The van der Waals surface area contributed by atoms with Crippen molar-refractivity contribution < 1.29 is 17.9 Å². The Balaban J connectivity index is 2.09. The lowest BCUT2D eigenvalue weighted by atomic mass is 10.1. The standard InChI is InChI=1S/C16H17NO4S/c1-21-16(18)15-9-7-14(8-10-15)12-17(22(19)20)11-13-5-3-2-4-6-13/h2-10,22H,11-12H2,1H3. The van der Waals surface area contributed by atoms with E-state index >= 15 is 0 Å². The Kier molecular flexibility index (Phi) is 5.68. The number of benzene rings is 2. The Hall–Kier alpha value is -2.18. The van der Waals surface area contributed by atoms with Gasteiger partial charge in [0.2, 0.25) is 10.9 Å². The van der Waals surface area contributed by atoms with Crippen LogP contribution in [0.5, 0.6) is 0 Å². The van der Waals surface area contributed by atoms with E-state index in [4.69, 9.17) is 0 Å². The summed E-state index contributed by atoms with van der Waals surface area (Å²) in [6.07, 6.45) is 0. The third-order valence-electron chi connectivity index (χ3n) is 3.18. The Labute approximate surface area is 131 Å². The Morgan fingerprint density at radius 3 is 2.00 bits per heavy atom. The van der Waals surface area contributed by atoms with E-state index in [1.165, 1.54) is 11.4 Å². The summed E-state index contributed by atoms with van der Waals surface area (Å²) >= 11 is 0. The third kappa shape index (κ3) is 4.41. The average molecular weight is 319 g/mol. The maximum absolute atomic E-state index is 11.4. The Bertz CT molecular complexity index is 688. The van der Waals surface area contributed by atoms with Gasteiger partial charge in [0.05, 0.1) is 12.7 Å². The molecule has 0 saturated carbocycles. The number of rotatable bonds is 6. The number of methoxy groups -OCH3 is 1. The number of thiol groups is 1. The van der Waals surface area contributed by atoms with Gasteiger partial charge in [-0.3, -0.25) is 0 Å². The highest BCUT2D eigenvalue weighted by molar-refractivity contribution is 7.69. The summed E-state index contributed by atoms with van der Waals surface area (Å²) in [7, 11) is -1.37. The zero-order valence-electron chi connectivity index (χ0n) is 12.1. The van der Waals surface area contributed by atoms with E-state index < -0.39 is 16.9 Å². The largest absolute Gasteiger partial charge is 0.465 e. The maximum Gasteiger partial charge on any atom is 0.337 e. The zero-order valence-corrected chi connectivity index (χ0v) is 13.0. The highest BCUT2D eigenvalue weighted by Gasteiger charge is 2.10. The van der Waals surface area contributed by atoms with E-state index in [0.29, 0.717) is 12.1 Å². The van der Waals surface area contributed by atoms with E-state index in [-0.39, 0.29) is 6.54 Å². The average Bonchev–Trinajstić information content (AvgIpc) is 2.55. The number of carbonyl (C=O) groups is 1. The van der Waals surface area contributed by atoms with Gasteiger partial charge in [-0.1, -0.05) is 42.5 Å². The summed E-state index contributed by atoms with van der Waals surface area (Å²) in [6.45, 7) is 0.577. The lowest BCUT2D eigenvalue weighted by Crippen LogP contribution is -2.21. The number of hydrogen-bond acceptors (Lipinski definition) is 4. The minimum absolute atomic E-state index is 0.259. The summed E-state index contributed by atoms with van der Waals surface area (Å²) in [5.41, 5.74) is 2.17. The molecule has 0 aliphatic carbocycles. The molecule has 0 aromatic heterocycles. The van der Waals surface area contributed by atoms with Crippen molar-refractivity contribution in [1.82, 2.24) is 4.31 Å². The van der Waals surface area contributed by atoms with Crippen LogP contribution in [-0.2, 0) is 28.7 Å². The molecule has 0 bridgehead atoms. The number of nitrogens with zero attached hydrogens (tertiary/aromatic N) is 1. The molecule has 2 aromatic carbocycles. The van der Waals surface area contributed by atoms with Crippen LogP contribution in [0, 0.1) is 0 Å². The summed E-state index contributed by atoms with van der Waals surface area (Å²) < 4.78 is 28.8. The lowest BCUT2D eigenvalue weighted by molar-refractivity contribution is 0.0600. The molecule has 2 aromatic rings. The van der Waals surface area contributed by atoms with Gasteiger partial charge in [0.1, 0.15) is 0 Å². The second-order valence-corrected chi connectivity index (χ2v) is 5.78. The van der Waals surface area contributed by atoms with Crippen LogP contribution in [0.15, 0.2) is 54.6 Å². The predicted molar refractivity (Wildman–Crippen MR) is 83.8 cm³/mol. The summed E-state index contributed by atoms with van der Waals surface area (Å²) in [5, 5.41) is 0. The number of esters is 1. The van der Waals surface area contributed by atoms with Gasteiger partial charge in [0.25, 0.3) is 0 Å². The molecule has 0 atom stereocenters. The van der Waals surface area contributed by atoms with E-state index in [2.05, 4.69) is 4.74 Å². The van der Waals surface area contributed by atoms with Crippen LogP contribution in [0.4, 0.5) is 0 Å². The number of ether oxygens (including phenoxy) is 1. The Morgan fingerprint density at radius 1 is 0.955 bits per heavy atom. The van der Waals surface area contributed by atoms with Gasteiger partial charge in [0.15, 0.2) is 0 Å². The lowest BCUT2D eigenvalue weighted by Gasteiger charge is -2.15. The van der Waals surface area contributed by atoms with Crippen LogP contribution in [0.3, 0.4) is 0 Å². The SMILES string of the molecule is COC(=O)c1ccc(CN(Cc2ccccc2)[SH](=O)=O)cc1. The van der Waals surface area contributed by atoms with Crippen LogP contribution in [-0.4, -0.2) is 25.8 Å². The molecule has 0 aliphatic rings. The quantitative estimate of drug-likeness (QED) is 0.653. The molecule has 2 rings (SSSR count). The first kappa shape index (κ1) is 16.2. The van der Waals surface area contributed by atoms with Gasteiger partial charge in [-0.2, -0.15) is 4.31 Å². The molecule has 0 amide bonds. The van der Waals surface area contributed by atoms with Crippen molar-refractivity contribution in [2.75, 3.05) is 7.11 Å². The zero-order chi connectivity index (χ0) is 15.9. The summed E-state index contributed by atoms with van der Waals surface area (Å²) in [5.74, 6) is -0.414. The number of carbonyl (C=O) groups excluding carboxylic acids is 1. The Morgan fingerprint density at radius 2 is 1.50 bits per heavy atom. The molecule has 0 fully saturated rings. The fourth-order valence-electron chi connectivity index (χ4n) is 2.04. The second-order valence-electron chi connectivity index (χ2n) is 4.73. The van der Waals surface area contributed by atoms with Crippen molar-refractivity contribution in [2.45, 2.75) is 13.1 Å². The molecular weight excluding hydrogens is 302 g/mol. The molecule has 0 aliphatic heterocycles. The van der Waals surface area contributed by atoms with Crippen molar-refractivity contribution in [2.24, 2.45) is 0 Å². The highest BCUT2D eigenvalue weighted by atomic mass is 32.2. The van der Waals surface area contributed by atoms with Crippen molar-refractivity contribution in [3.63, 3.8) is 0 Å². The van der Waals surface area contributed by atoms with E-state index in [0.717, 1.165) is 11.1 Å². The van der Waals surface area contributed by atoms with Gasteiger partial charge in [-0.05, 0) is 23.3 Å². The van der Waals surface area contributed by atoms with Gasteiger partial charge in [-0.15, -0.1) is 0 Å². The smallest absolute Gasteiger partial charge is 0.337 e. The first-order valence-corrected chi connectivity index (χ1v) is 7.83. The highest BCUT2D eigenvalue weighted by Crippen LogP contribution is 2.12. The van der Waals surface area contributed by atoms with Crippen LogP contribution in [0.1, 0.15) is 21.5 Å². The molecule has 0 unspecified atom stereocenters. The maximum atomic E-state index is 11.4. The molecule has 22 heavy (non-hydrogen) atoms. The topological polar surface area (TPSA) is 63.7 Å².